The maximum absolute atomic E-state index is 5.93. The van der Waals surface area contributed by atoms with Gasteiger partial charge in [-0.25, -0.2) is 4.98 Å². The Morgan fingerprint density at radius 1 is 1.50 bits per heavy atom. The average molecular weight is 186 g/mol. The van der Waals surface area contributed by atoms with Crippen molar-refractivity contribution in [1.82, 2.24) is 4.98 Å². The summed E-state index contributed by atoms with van der Waals surface area (Å²) in [6, 6.07) is 2.48. The Morgan fingerprint density at radius 2 is 2.43 bits per heavy atom. The van der Waals surface area contributed by atoms with Crippen LogP contribution in [0.25, 0.3) is 0 Å². The van der Waals surface area contributed by atoms with E-state index in [1.807, 2.05) is 6.07 Å². The zero-order valence-corrected chi connectivity index (χ0v) is 8.03. The summed E-state index contributed by atoms with van der Waals surface area (Å²) in [7, 11) is 2.37. The summed E-state index contributed by atoms with van der Waals surface area (Å²) in [5, 5.41) is 3.48. The lowest BCUT2D eigenvalue weighted by Crippen LogP contribution is -2.31. The van der Waals surface area contributed by atoms with E-state index in [0.717, 1.165) is 23.8 Å². The largest absolute Gasteiger partial charge is 0.398 e. The molecule has 0 amide bonds. The quantitative estimate of drug-likeness (QED) is 0.598. The molecule has 3 N–H and O–H groups in total. The number of hydrogen-bond donors (Lipinski definition) is 2. The van der Waals surface area contributed by atoms with E-state index in [0.29, 0.717) is 6.04 Å². The van der Waals surface area contributed by atoms with Crippen molar-refractivity contribution in [3.05, 3.63) is 17.8 Å². The van der Waals surface area contributed by atoms with Crippen LogP contribution in [0.4, 0.5) is 11.5 Å². The van der Waals surface area contributed by atoms with Crippen LogP contribution >= 0.6 is 0 Å². The standard InChI is InChI=1S/C10H13BN3/c12-8-1-2-13-10-7(8)3-6-4-11-5-9(6)14-10/h1-2,6,9H,3-5H2,(H3,12,13,14). The van der Waals surface area contributed by atoms with Crippen LogP contribution in [0.2, 0.25) is 12.6 Å². The van der Waals surface area contributed by atoms with Gasteiger partial charge in [-0.1, -0.05) is 12.6 Å². The summed E-state index contributed by atoms with van der Waals surface area (Å²) in [6.45, 7) is 0. The third-order valence-corrected chi connectivity index (χ3v) is 3.34. The van der Waals surface area contributed by atoms with Gasteiger partial charge in [-0.15, -0.1) is 0 Å². The van der Waals surface area contributed by atoms with Crippen molar-refractivity contribution in [2.75, 3.05) is 11.1 Å². The Kier molecular flexibility index (Phi) is 1.69. The minimum Gasteiger partial charge on any atom is -0.398 e. The van der Waals surface area contributed by atoms with Crippen molar-refractivity contribution >= 4 is 18.8 Å². The lowest BCUT2D eigenvalue weighted by molar-refractivity contribution is 0.514. The Hall–Kier alpha value is -1.19. The van der Waals surface area contributed by atoms with E-state index in [9.17, 15) is 0 Å². The number of nitrogen functional groups attached to an aromatic ring is 1. The highest BCUT2D eigenvalue weighted by Gasteiger charge is 2.33. The first kappa shape index (κ1) is 8.15. The minimum atomic E-state index is 0.594. The van der Waals surface area contributed by atoms with E-state index in [1.165, 1.54) is 18.2 Å². The van der Waals surface area contributed by atoms with E-state index >= 15 is 0 Å². The summed E-state index contributed by atoms with van der Waals surface area (Å²) in [4.78, 5) is 4.34. The van der Waals surface area contributed by atoms with Gasteiger partial charge in [0.25, 0.3) is 0 Å². The molecule has 71 valence electrons. The van der Waals surface area contributed by atoms with E-state index in [1.54, 1.807) is 6.20 Å². The van der Waals surface area contributed by atoms with E-state index < -0.39 is 0 Å². The Morgan fingerprint density at radius 3 is 3.36 bits per heavy atom. The molecule has 1 radical (unpaired) electrons. The van der Waals surface area contributed by atoms with E-state index in [4.69, 9.17) is 5.73 Å². The summed E-state index contributed by atoms with van der Waals surface area (Å²) in [5.41, 5.74) is 8.03. The van der Waals surface area contributed by atoms with Gasteiger partial charge >= 0.3 is 0 Å². The molecule has 2 aliphatic heterocycles. The molecule has 0 aromatic carbocycles. The number of hydrogen-bond acceptors (Lipinski definition) is 3. The van der Waals surface area contributed by atoms with Crippen molar-refractivity contribution in [2.45, 2.75) is 25.1 Å². The van der Waals surface area contributed by atoms with Gasteiger partial charge < -0.3 is 11.1 Å². The van der Waals surface area contributed by atoms with Gasteiger partial charge in [0.1, 0.15) is 13.1 Å². The smallest absolute Gasteiger partial charge is 0.131 e. The zero-order chi connectivity index (χ0) is 9.54. The molecule has 2 unspecified atom stereocenters. The normalized spacial score (nSPS) is 28.6. The van der Waals surface area contributed by atoms with Crippen LogP contribution in [0.5, 0.6) is 0 Å². The van der Waals surface area contributed by atoms with Crippen molar-refractivity contribution in [3.63, 3.8) is 0 Å². The van der Waals surface area contributed by atoms with Crippen LogP contribution in [0.3, 0.4) is 0 Å². The number of anilines is 2. The van der Waals surface area contributed by atoms with Crippen molar-refractivity contribution in [3.8, 4) is 0 Å². The highest BCUT2D eigenvalue weighted by molar-refractivity contribution is 6.37. The fourth-order valence-electron chi connectivity index (χ4n) is 2.53. The molecule has 2 aliphatic rings. The monoisotopic (exact) mass is 186 g/mol. The molecule has 0 bridgehead atoms. The maximum Gasteiger partial charge on any atom is 0.131 e. The number of nitrogens with two attached hydrogens (primary N) is 1. The van der Waals surface area contributed by atoms with Crippen LogP contribution in [0.15, 0.2) is 12.3 Å². The average Bonchev–Trinajstić information content (AvgIpc) is 2.62. The second kappa shape index (κ2) is 2.90. The fourth-order valence-corrected chi connectivity index (χ4v) is 2.53. The number of fused-ring (bicyclic) bond motifs is 2. The van der Waals surface area contributed by atoms with Gasteiger partial charge in [-0.05, 0) is 18.4 Å². The number of aromatic nitrogens is 1. The molecular formula is C10H13BN3. The molecule has 3 nitrogen and oxygen atoms in total. The summed E-state index contributed by atoms with van der Waals surface area (Å²) < 4.78 is 0. The van der Waals surface area contributed by atoms with Gasteiger partial charge in [-0.3, -0.25) is 0 Å². The van der Waals surface area contributed by atoms with E-state index in [-0.39, 0.29) is 0 Å². The Labute approximate surface area is 84.3 Å². The van der Waals surface area contributed by atoms with Crippen molar-refractivity contribution in [2.24, 2.45) is 5.92 Å². The molecule has 1 aromatic heterocycles. The molecule has 14 heavy (non-hydrogen) atoms. The molecule has 0 spiro atoms. The highest BCUT2D eigenvalue weighted by Crippen LogP contribution is 2.36. The van der Waals surface area contributed by atoms with Gasteiger partial charge in [0.2, 0.25) is 0 Å². The fraction of sp³-hybridized carbons (Fsp3) is 0.500. The van der Waals surface area contributed by atoms with Crippen LogP contribution in [0.1, 0.15) is 5.56 Å². The molecule has 1 saturated heterocycles. The first-order chi connectivity index (χ1) is 6.84. The molecule has 2 atom stereocenters. The van der Waals surface area contributed by atoms with Gasteiger partial charge in [0.15, 0.2) is 0 Å². The summed E-state index contributed by atoms with van der Waals surface area (Å²) in [5.74, 6) is 1.73. The second-order valence-electron chi connectivity index (χ2n) is 4.20. The molecule has 3 rings (SSSR count). The summed E-state index contributed by atoms with van der Waals surface area (Å²) >= 11 is 0. The maximum atomic E-state index is 5.93. The molecular weight excluding hydrogens is 173 g/mol. The SMILES string of the molecule is Nc1ccnc2c1CC1C[B]CC1N2. The predicted molar refractivity (Wildman–Crippen MR) is 58.6 cm³/mol. The first-order valence-electron chi connectivity index (χ1n) is 5.16. The molecule has 4 heteroatoms. The molecule has 0 saturated carbocycles. The molecule has 1 fully saturated rings. The predicted octanol–water partition coefficient (Wildman–Crippen LogP) is 1.17. The minimum absolute atomic E-state index is 0.594. The van der Waals surface area contributed by atoms with Crippen LogP contribution in [-0.4, -0.2) is 18.3 Å². The van der Waals surface area contributed by atoms with E-state index in [2.05, 4.69) is 17.6 Å². The topological polar surface area (TPSA) is 50.9 Å². The zero-order valence-electron chi connectivity index (χ0n) is 8.03. The van der Waals surface area contributed by atoms with Gasteiger partial charge in [0.05, 0.1) is 0 Å². The Bertz CT molecular complexity index is 366. The summed E-state index contributed by atoms with van der Waals surface area (Å²) in [6.07, 6.45) is 5.25. The number of nitrogens with zero attached hydrogens (tertiary/aromatic N) is 1. The molecule has 0 aliphatic carbocycles. The molecule has 1 aromatic rings. The third kappa shape index (κ3) is 1.10. The first-order valence-corrected chi connectivity index (χ1v) is 5.16. The van der Waals surface area contributed by atoms with Crippen LogP contribution in [-0.2, 0) is 6.42 Å². The highest BCUT2D eigenvalue weighted by atomic mass is 15.0. The molecule has 3 heterocycles. The van der Waals surface area contributed by atoms with Crippen molar-refractivity contribution in [1.29, 1.82) is 0 Å². The van der Waals surface area contributed by atoms with Crippen LogP contribution in [0, 0.1) is 5.92 Å². The number of pyridine rings is 1. The lowest BCUT2D eigenvalue weighted by atomic mass is 9.76. The van der Waals surface area contributed by atoms with Crippen molar-refractivity contribution < 1.29 is 0 Å². The van der Waals surface area contributed by atoms with Gasteiger partial charge in [0, 0.05) is 23.5 Å². The van der Waals surface area contributed by atoms with Gasteiger partial charge in [-0.2, -0.15) is 0 Å². The number of rotatable bonds is 0. The Balaban J connectivity index is 2.01. The third-order valence-electron chi connectivity index (χ3n) is 3.34. The second-order valence-corrected chi connectivity index (χ2v) is 4.20. The lowest BCUT2D eigenvalue weighted by Gasteiger charge is -2.30. The van der Waals surface area contributed by atoms with Crippen LogP contribution < -0.4 is 11.1 Å². The number of nitrogens with one attached hydrogen (secondary N) is 1.